The van der Waals surface area contributed by atoms with Crippen LogP contribution in [0.3, 0.4) is 0 Å². The van der Waals surface area contributed by atoms with E-state index in [9.17, 15) is 24.6 Å². The third kappa shape index (κ3) is 5.30. The van der Waals surface area contributed by atoms with Crippen molar-refractivity contribution in [1.82, 2.24) is 10.6 Å². The van der Waals surface area contributed by atoms with Crippen molar-refractivity contribution >= 4 is 23.5 Å². The number of nitrogens with one attached hydrogen (secondary N) is 3. The van der Waals surface area contributed by atoms with Crippen LogP contribution in [0, 0.1) is 6.92 Å². The fourth-order valence-electron chi connectivity index (χ4n) is 2.50. The molecule has 1 aromatic carbocycles. The Labute approximate surface area is 150 Å². The zero-order valence-electron chi connectivity index (χ0n) is 14.2. The molecule has 9 heteroatoms. The number of anilines is 1. The number of hydrogen-bond acceptors (Lipinski definition) is 5. The third-order valence-electron chi connectivity index (χ3n) is 3.89. The summed E-state index contributed by atoms with van der Waals surface area (Å²) >= 11 is 0. The first kappa shape index (κ1) is 19.4. The second-order valence-electron chi connectivity index (χ2n) is 6.09. The van der Waals surface area contributed by atoms with E-state index < -0.39 is 36.1 Å². The van der Waals surface area contributed by atoms with Crippen molar-refractivity contribution in [2.45, 2.75) is 31.6 Å². The van der Waals surface area contributed by atoms with E-state index in [1.54, 1.807) is 12.1 Å². The van der Waals surface area contributed by atoms with Crippen LogP contribution >= 0.6 is 0 Å². The Kier molecular flexibility index (Phi) is 6.31. The van der Waals surface area contributed by atoms with Crippen molar-refractivity contribution in [3.8, 4) is 0 Å². The number of carbonyl (C=O) groups excluding carboxylic acids is 3. The van der Waals surface area contributed by atoms with Crippen LogP contribution in [0.1, 0.15) is 12.0 Å². The summed E-state index contributed by atoms with van der Waals surface area (Å²) in [6, 6.07) is 5.53. The molecule has 0 fully saturated rings. The summed E-state index contributed by atoms with van der Waals surface area (Å²) in [5, 5.41) is 27.4. The zero-order valence-corrected chi connectivity index (χ0v) is 14.2. The Morgan fingerprint density at radius 1 is 1.19 bits per heavy atom. The number of carbonyl (C=O) groups is 3. The molecular weight excluding hydrogens is 340 g/mol. The Balaban J connectivity index is 2.03. The predicted molar refractivity (Wildman–Crippen MR) is 94.0 cm³/mol. The quantitative estimate of drug-likeness (QED) is 0.402. The lowest BCUT2D eigenvalue weighted by Crippen LogP contribution is -2.52. The molecule has 1 aromatic rings. The Morgan fingerprint density at radius 2 is 1.85 bits per heavy atom. The minimum absolute atomic E-state index is 0.108. The van der Waals surface area contributed by atoms with E-state index in [0.29, 0.717) is 5.69 Å². The molecule has 0 aromatic heterocycles. The highest BCUT2D eigenvalue weighted by atomic mass is 16.3. The zero-order chi connectivity index (χ0) is 19.3. The van der Waals surface area contributed by atoms with E-state index in [1.165, 1.54) is 6.08 Å². The molecule has 0 spiro atoms. The molecule has 9 nitrogen and oxygen atoms in total. The first-order valence-corrected chi connectivity index (χ1v) is 8.04. The van der Waals surface area contributed by atoms with Crippen LogP contribution in [0.25, 0.3) is 0 Å². The van der Waals surface area contributed by atoms with Crippen LogP contribution in [-0.4, -0.2) is 52.9 Å². The largest absolute Gasteiger partial charge is 0.390 e. The Morgan fingerprint density at radius 3 is 2.46 bits per heavy atom. The lowest BCUT2D eigenvalue weighted by Gasteiger charge is -2.31. The standard InChI is InChI=1S/C17H22N4O5/c1-9-2-4-11(5-3-9)20-17(26)21-12-6-10(7-13(22)15(12)24)16(25)19-8-14(18)23/h2-6,12-13,15,22,24H,7-8H2,1H3,(H2,18,23)(H,19,25)(H2,20,21,26)/t12-,13+,15+/m0/s1. The van der Waals surface area contributed by atoms with E-state index in [2.05, 4.69) is 16.0 Å². The third-order valence-corrected chi connectivity index (χ3v) is 3.89. The summed E-state index contributed by atoms with van der Waals surface area (Å²) < 4.78 is 0. The first-order valence-electron chi connectivity index (χ1n) is 8.04. The molecule has 3 atom stereocenters. The smallest absolute Gasteiger partial charge is 0.319 e. The van der Waals surface area contributed by atoms with Gasteiger partial charge in [-0.1, -0.05) is 23.8 Å². The maximum atomic E-state index is 12.1. The monoisotopic (exact) mass is 362 g/mol. The van der Waals surface area contributed by atoms with Gasteiger partial charge in [-0.3, -0.25) is 9.59 Å². The van der Waals surface area contributed by atoms with Gasteiger partial charge in [0.2, 0.25) is 11.8 Å². The van der Waals surface area contributed by atoms with Crippen molar-refractivity contribution in [2.75, 3.05) is 11.9 Å². The SMILES string of the molecule is Cc1ccc(NC(=O)N[C@H]2C=C(C(=O)NCC(N)=O)C[C@@H](O)[C@@H]2O)cc1. The molecule has 0 unspecified atom stereocenters. The molecule has 4 amide bonds. The molecule has 2 rings (SSSR count). The minimum Gasteiger partial charge on any atom is -0.390 e. The number of aliphatic hydroxyl groups is 2. The summed E-state index contributed by atoms with van der Waals surface area (Å²) in [6.07, 6.45) is -1.27. The van der Waals surface area contributed by atoms with Gasteiger partial charge >= 0.3 is 6.03 Å². The number of rotatable bonds is 5. The first-order chi connectivity index (χ1) is 12.3. The topological polar surface area (TPSA) is 154 Å². The van der Waals surface area contributed by atoms with Crippen LogP contribution in [0.15, 0.2) is 35.9 Å². The molecule has 0 saturated carbocycles. The summed E-state index contributed by atoms with van der Waals surface area (Å²) in [5.41, 5.74) is 6.71. The van der Waals surface area contributed by atoms with Crippen molar-refractivity contribution in [1.29, 1.82) is 0 Å². The van der Waals surface area contributed by atoms with Crippen LogP contribution < -0.4 is 21.7 Å². The Bertz CT molecular complexity index is 716. The number of primary amides is 1. The predicted octanol–water partition coefficient (Wildman–Crippen LogP) is -0.861. The van der Waals surface area contributed by atoms with Gasteiger partial charge in [-0.25, -0.2) is 4.79 Å². The summed E-state index contributed by atoms with van der Waals surface area (Å²) in [7, 11) is 0. The van der Waals surface area contributed by atoms with Gasteiger partial charge in [0.15, 0.2) is 0 Å². The van der Waals surface area contributed by atoms with E-state index >= 15 is 0 Å². The highest BCUT2D eigenvalue weighted by Crippen LogP contribution is 2.20. The van der Waals surface area contributed by atoms with E-state index in [1.807, 2.05) is 19.1 Å². The molecule has 0 aliphatic heterocycles. The second kappa shape index (κ2) is 8.45. The van der Waals surface area contributed by atoms with Crippen LogP contribution in [0.2, 0.25) is 0 Å². The molecule has 26 heavy (non-hydrogen) atoms. The fraction of sp³-hybridized carbons (Fsp3) is 0.353. The fourth-order valence-corrected chi connectivity index (χ4v) is 2.50. The maximum Gasteiger partial charge on any atom is 0.319 e. The van der Waals surface area contributed by atoms with Gasteiger partial charge in [-0.2, -0.15) is 0 Å². The van der Waals surface area contributed by atoms with Crippen molar-refractivity contribution < 1.29 is 24.6 Å². The molecule has 7 N–H and O–H groups in total. The molecule has 140 valence electrons. The maximum absolute atomic E-state index is 12.1. The van der Waals surface area contributed by atoms with Crippen LogP contribution in [-0.2, 0) is 9.59 Å². The summed E-state index contributed by atoms with van der Waals surface area (Å²) in [4.78, 5) is 34.8. The van der Waals surface area contributed by atoms with Crippen LogP contribution in [0.4, 0.5) is 10.5 Å². The van der Waals surface area contributed by atoms with Crippen LogP contribution in [0.5, 0.6) is 0 Å². The van der Waals surface area contributed by atoms with Gasteiger partial charge in [0.1, 0.15) is 6.10 Å². The number of hydrogen-bond donors (Lipinski definition) is 6. The van der Waals surface area contributed by atoms with Crippen molar-refractivity contribution in [3.05, 3.63) is 41.5 Å². The molecule has 0 bridgehead atoms. The number of urea groups is 1. The number of benzene rings is 1. The molecule has 0 saturated heterocycles. The molecule has 0 radical (unpaired) electrons. The molecule has 0 heterocycles. The molecular formula is C17H22N4O5. The summed E-state index contributed by atoms with van der Waals surface area (Å²) in [5.74, 6) is -1.30. The second-order valence-corrected chi connectivity index (χ2v) is 6.09. The summed E-state index contributed by atoms with van der Waals surface area (Å²) in [6.45, 7) is 1.57. The van der Waals surface area contributed by atoms with Gasteiger partial charge in [0, 0.05) is 17.7 Å². The Hall–Kier alpha value is -2.91. The van der Waals surface area contributed by atoms with Crippen molar-refractivity contribution in [2.24, 2.45) is 5.73 Å². The van der Waals surface area contributed by atoms with E-state index in [0.717, 1.165) is 5.56 Å². The normalized spacial score (nSPS) is 22.1. The van der Waals surface area contributed by atoms with E-state index in [4.69, 9.17) is 5.73 Å². The molecule has 1 aliphatic rings. The van der Waals surface area contributed by atoms with Gasteiger partial charge in [-0.05, 0) is 19.1 Å². The highest BCUT2D eigenvalue weighted by Gasteiger charge is 2.33. The van der Waals surface area contributed by atoms with Gasteiger partial charge in [-0.15, -0.1) is 0 Å². The number of nitrogens with two attached hydrogens (primary N) is 1. The highest BCUT2D eigenvalue weighted by molar-refractivity contribution is 5.96. The van der Waals surface area contributed by atoms with Crippen molar-refractivity contribution in [3.63, 3.8) is 0 Å². The number of aryl methyl sites for hydroxylation is 1. The number of amides is 4. The molecule has 1 aliphatic carbocycles. The van der Waals surface area contributed by atoms with E-state index in [-0.39, 0.29) is 18.5 Å². The number of aliphatic hydroxyl groups excluding tert-OH is 2. The van der Waals surface area contributed by atoms with Gasteiger partial charge in [0.25, 0.3) is 0 Å². The van der Waals surface area contributed by atoms with Gasteiger partial charge in [0.05, 0.1) is 18.7 Å². The lowest BCUT2D eigenvalue weighted by atomic mass is 9.90. The minimum atomic E-state index is -1.27. The van der Waals surface area contributed by atoms with Gasteiger partial charge < -0.3 is 31.9 Å². The average molecular weight is 362 g/mol. The lowest BCUT2D eigenvalue weighted by molar-refractivity contribution is -0.123. The average Bonchev–Trinajstić information content (AvgIpc) is 2.58.